The first-order valence-corrected chi connectivity index (χ1v) is 8.31. The second-order valence-corrected chi connectivity index (χ2v) is 6.05. The highest BCUT2D eigenvalue weighted by Crippen LogP contribution is 2.50. The molecule has 112 valence electrons. The van der Waals surface area contributed by atoms with Gasteiger partial charge in [-0.3, -0.25) is 0 Å². The highest BCUT2D eigenvalue weighted by molar-refractivity contribution is 8.07. The average Bonchev–Trinajstić information content (AvgIpc) is 2.44. The number of carboxylic acid groups (broad SMARTS) is 1. The molecule has 0 aliphatic rings. The molecule has 0 aliphatic carbocycles. The molecule has 0 saturated carbocycles. The van der Waals surface area contributed by atoms with Gasteiger partial charge in [0.05, 0.1) is 18.8 Å². The third kappa shape index (κ3) is 5.54. The van der Waals surface area contributed by atoms with Crippen LogP contribution in [0.4, 0.5) is 0 Å². The van der Waals surface area contributed by atoms with Crippen LogP contribution in [-0.4, -0.2) is 24.3 Å². The first-order valence-electron chi connectivity index (χ1n) is 5.76. The van der Waals surface area contributed by atoms with Crippen molar-refractivity contribution in [2.45, 2.75) is 13.8 Å². The van der Waals surface area contributed by atoms with Gasteiger partial charge >= 0.3 is 12.7 Å². The molecule has 7 nitrogen and oxygen atoms in total. The quantitative estimate of drug-likeness (QED) is 0.422. The molecule has 0 aromatic heterocycles. The summed E-state index contributed by atoms with van der Waals surface area (Å²) in [6.07, 6.45) is 0. The molecule has 0 fully saturated rings. The third-order valence-corrected chi connectivity index (χ3v) is 3.44. The fraction of sp³-hybridized carbons (Fsp3) is 0.364. The lowest BCUT2D eigenvalue weighted by molar-refractivity contribution is -0.263. The van der Waals surface area contributed by atoms with E-state index in [0.29, 0.717) is 0 Å². The van der Waals surface area contributed by atoms with Crippen molar-refractivity contribution in [2.24, 2.45) is 0 Å². The standard InChI is InChI=1S/C11H15O7PS/c1-3-14-17-19(20,18-15-4-2)16-10-7-5-9(6-8-10)11(12)13/h5-8H,3-4H2,1-2H3,(H,12,13). The van der Waals surface area contributed by atoms with Gasteiger partial charge in [0.1, 0.15) is 5.75 Å². The van der Waals surface area contributed by atoms with Gasteiger partial charge in [0.15, 0.2) is 0 Å². The Bertz CT molecular complexity index is 464. The zero-order valence-electron chi connectivity index (χ0n) is 11.0. The maximum atomic E-state index is 10.7. The monoisotopic (exact) mass is 322 g/mol. The van der Waals surface area contributed by atoms with Crippen molar-refractivity contribution < 1.29 is 33.5 Å². The summed E-state index contributed by atoms with van der Waals surface area (Å²) in [5, 5.41) is 8.80. The fourth-order valence-corrected chi connectivity index (χ4v) is 2.52. The molecule has 0 amide bonds. The van der Waals surface area contributed by atoms with Gasteiger partial charge in [-0.05, 0) is 38.1 Å². The summed E-state index contributed by atoms with van der Waals surface area (Å²) in [6, 6.07) is 5.63. The minimum atomic E-state index is -3.27. The van der Waals surface area contributed by atoms with Gasteiger partial charge in [-0.15, -0.1) is 9.35 Å². The molecule has 0 unspecified atom stereocenters. The lowest BCUT2D eigenvalue weighted by Crippen LogP contribution is -2.04. The maximum Gasteiger partial charge on any atom is 0.436 e. The van der Waals surface area contributed by atoms with Crippen LogP contribution in [0.5, 0.6) is 5.75 Å². The van der Waals surface area contributed by atoms with Gasteiger partial charge in [0.2, 0.25) is 0 Å². The number of hydrogen-bond acceptors (Lipinski definition) is 7. The minimum absolute atomic E-state index is 0.127. The molecule has 0 radical (unpaired) electrons. The van der Waals surface area contributed by atoms with Crippen molar-refractivity contribution in [1.82, 2.24) is 0 Å². The Morgan fingerprint density at radius 1 is 1.15 bits per heavy atom. The van der Waals surface area contributed by atoms with Crippen LogP contribution in [-0.2, 0) is 30.9 Å². The van der Waals surface area contributed by atoms with Crippen LogP contribution >= 0.6 is 6.72 Å². The summed E-state index contributed by atoms with van der Waals surface area (Å²) in [4.78, 5) is 20.2. The maximum absolute atomic E-state index is 10.7. The van der Waals surface area contributed by atoms with Crippen molar-refractivity contribution in [1.29, 1.82) is 0 Å². The number of aromatic carboxylic acids is 1. The molecule has 1 aromatic carbocycles. The molecule has 9 heteroatoms. The van der Waals surface area contributed by atoms with E-state index >= 15 is 0 Å². The summed E-state index contributed by atoms with van der Waals surface area (Å²) < 4.78 is 15.2. The van der Waals surface area contributed by atoms with E-state index in [1.165, 1.54) is 24.3 Å². The molecule has 0 atom stereocenters. The largest absolute Gasteiger partial charge is 0.478 e. The second kappa shape index (κ2) is 8.31. The van der Waals surface area contributed by atoms with Gasteiger partial charge in [-0.1, -0.05) is 0 Å². The highest BCUT2D eigenvalue weighted by atomic mass is 32.5. The number of hydrogen-bond donors (Lipinski definition) is 1. The van der Waals surface area contributed by atoms with E-state index < -0.39 is 12.7 Å². The summed E-state index contributed by atoms with van der Waals surface area (Å²) in [5.74, 6) is -0.746. The highest BCUT2D eigenvalue weighted by Gasteiger charge is 2.26. The number of carboxylic acids is 1. The molecular weight excluding hydrogens is 307 g/mol. The minimum Gasteiger partial charge on any atom is -0.478 e. The van der Waals surface area contributed by atoms with Gasteiger partial charge in [-0.25, -0.2) is 14.6 Å². The van der Waals surface area contributed by atoms with E-state index in [9.17, 15) is 4.79 Å². The average molecular weight is 322 g/mol. The Hall–Kier alpha value is -1.02. The van der Waals surface area contributed by atoms with E-state index in [2.05, 4.69) is 0 Å². The van der Waals surface area contributed by atoms with Crippen LogP contribution < -0.4 is 4.52 Å². The Balaban J connectivity index is 2.77. The molecule has 0 heterocycles. The topological polar surface area (TPSA) is 83.5 Å². The van der Waals surface area contributed by atoms with Crippen LogP contribution in [0, 0.1) is 0 Å². The molecule has 0 aliphatic heterocycles. The van der Waals surface area contributed by atoms with Gasteiger partial charge in [0.25, 0.3) is 0 Å². The lowest BCUT2D eigenvalue weighted by atomic mass is 10.2. The van der Waals surface area contributed by atoms with Crippen LogP contribution in [0.2, 0.25) is 0 Å². The molecule has 1 aromatic rings. The molecule has 20 heavy (non-hydrogen) atoms. The molecule has 1 N–H and O–H groups in total. The number of rotatable bonds is 9. The van der Waals surface area contributed by atoms with E-state index in [1.807, 2.05) is 0 Å². The zero-order valence-corrected chi connectivity index (χ0v) is 12.7. The summed E-state index contributed by atoms with van der Waals surface area (Å²) >= 11 is 5.08. The van der Waals surface area contributed by atoms with Crippen LogP contribution in [0.25, 0.3) is 0 Å². The van der Waals surface area contributed by atoms with Gasteiger partial charge in [0, 0.05) is 11.8 Å². The summed E-state index contributed by atoms with van der Waals surface area (Å²) in [7, 11) is 0. The number of carbonyl (C=O) groups is 1. The molecule has 0 saturated heterocycles. The van der Waals surface area contributed by atoms with E-state index in [0.717, 1.165) is 0 Å². The Morgan fingerprint density at radius 2 is 1.65 bits per heavy atom. The van der Waals surface area contributed by atoms with E-state index in [4.69, 9.17) is 40.6 Å². The van der Waals surface area contributed by atoms with Crippen molar-refractivity contribution in [3.8, 4) is 5.75 Å². The van der Waals surface area contributed by atoms with Crippen molar-refractivity contribution in [3.05, 3.63) is 29.8 Å². The summed E-state index contributed by atoms with van der Waals surface area (Å²) in [5.41, 5.74) is 0.127. The smallest absolute Gasteiger partial charge is 0.436 e. The molecule has 0 bridgehead atoms. The van der Waals surface area contributed by atoms with Crippen LogP contribution in [0.3, 0.4) is 0 Å². The van der Waals surface area contributed by atoms with Crippen molar-refractivity contribution >= 4 is 24.5 Å². The second-order valence-electron chi connectivity index (χ2n) is 3.33. The third-order valence-electron chi connectivity index (χ3n) is 1.84. The van der Waals surface area contributed by atoms with Crippen LogP contribution in [0.1, 0.15) is 24.2 Å². The Morgan fingerprint density at radius 3 is 2.05 bits per heavy atom. The fourth-order valence-electron chi connectivity index (χ4n) is 1.06. The van der Waals surface area contributed by atoms with Gasteiger partial charge < -0.3 is 9.63 Å². The van der Waals surface area contributed by atoms with E-state index in [-0.39, 0.29) is 24.5 Å². The predicted molar refractivity (Wildman–Crippen MR) is 73.7 cm³/mol. The van der Waals surface area contributed by atoms with Crippen LogP contribution in [0.15, 0.2) is 24.3 Å². The first-order chi connectivity index (χ1) is 9.50. The predicted octanol–water partition coefficient (Wildman–Crippen LogP) is 2.92. The Kier molecular flexibility index (Phi) is 7.08. The lowest BCUT2D eigenvalue weighted by Gasteiger charge is -2.19. The molecule has 1 rings (SSSR count). The normalized spacial score (nSPS) is 11.3. The molecule has 0 spiro atoms. The van der Waals surface area contributed by atoms with E-state index in [1.54, 1.807) is 13.8 Å². The van der Waals surface area contributed by atoms with Gasteiger partial charge in [-0.2, -0.15) is 0 Å². The SMILES string of the molecule is CCOOP(=S)(OOCC)Oc1ccc(C(=O)O)cc1. The number of benzene rings is 1. The zero-order chi connectivity index (χ0) is 15.0. The van der Waals surface area contributed by atoms with Crippen molar-refractivity contribution in [2.75, 3.05) is 13.2 Å². The summed E-state index contributed by atoms with van der Waals surface area (Å²) in [6.45, 7) is 0.667. The first kappa shape index (κ1) is 17.0. The molecular formula is C11H15O7PS. The van der Waals surface area contributed by atoms with Crippen molar-refractivity contribution in [3.63, 3.8) is 0 Å². The Labute approximate surface area is 121 Å².